The molecule has 0 aromatic heterocycles. The Balaban J connectivity index is 2.34. The highest BCUT2D eigenvalue weighted by Crippen LogP contribution is 1.99. The number of rotatable bonds is 5. The highest BCUT2D eigenvalue weighted by molar-refractivity contribution is 5.80. The quantitative estimate of drug-likeness (QED) is 0.732. The van der Waals surface area contributed by atoms with E-state index in [0.717, 1.165) is 32.6 Å². The summed E-state index contributed by atoms with van der Waals surface area (Å²) in [5, 5.41) is 2.83. The summed E-state index contributed by atoms with van der Waals surface area (Å²) in [6.07, 6.45) is 4.48. The van der Waals surface area contributed by atoms with Gasteiger partial charge in [-0.15, -0.1) is 0 Å². The maximum absolute atomic E-state index is 11.8. The number of nitrogens with one attached hydrogen (secondary N) is 1. The molecule has 0 bridgehead atoms. The number of piperazine rings is 1. The molecule has 1 saturated heterocycles. The van der Waals surface area contributed by atoms with Crippen molar-refractivity contribution in [3.05, 3.63) is 11.9 Å². The predicted molar refractivity (Wildman–Crippen MR) is 74.6 cm³/mol. The molecule has 1 rings (SSSR count). The van der Waals surface area contributed by atoms with Gasteiger partial charge in [0.2, 0.25) is 5.91 Å². The Morgan fingerprint density at radius 2 is 2.00 bits per heavy atom. The van der Waals surface area contributed by atoms with Crippen molar-refractivity contribution < 1.29 is 4.79 Å². The van der Waals surface area contributed by atoms with E-state index in [-0.39, 0.29) is 5.91 Å². The molecule has 18 heavy (non-hydrogen) atoms. The molecule has 102 valence electrons. The lowest BCUT2D eigenvalue weighted by atomic mass is 10.3. The summed E-state index contributed by atoms with van der Waals surface area (Å²) >= 11 is 0. The lowest BCUT2D eigenvalue weighted by molar-refractivity contribution is -0.121. The highest BCUT2D eigenvalue weighted by atomic mass is 16.2. The first-order valence-corrected chi connectivity index (χ1v) is 6.55. The van der Waals surface area contributed by atoms with Gasteiger partial charge in [-0.2, -0.15) is 0 Å². The normalized spacial score (nSPS) is 19.4. The van der Waals surface area contributed by atoms with E-state index in [4.69, 9.17) is 0 Å². The molecule has 1 N–H and O–H groups in total. The molecule has 0 aliphatic carbocycles. The fourth-order valence-corrected chi connectivity index (χ4v) is 1.76. The van der Waals surface area contributed by atoms with Gasteiger partial charge in [0.15, 0.2) is 0 Å². The molecule has 1 amide bonds. The first-order valence-electron chi connectivity index (χ1n) is 6.55. The number of hydrogen-bond acceptors (Lipinski definition) is 4. The van der Waals surface area contributed by atoms with E-state index in [1.165, 1.54) is 0 Å². The van der Waals surface area contributed by atoms with Crippen LogP contribution in [-0.2, 0) is 4.79 Å². The van der Waals surface area contributed by atoms with E-state index in [1.807, 2.05) is 19.9 Å². The number of carbonyl (C=O) groups excluding carboxylic acids is 1. The molecule has 1 aliphatic rings. The van der Waals surface area contributed by atoms with Gasteiger partial charge in [-0.25, -0.2) is 4.99 Å². The Morgan fingerprint density at radius 1 is 1.33 bits per heavy atom. The SMILES string of the molecule is C/C=C(\N=C/CC)NC(=O)CN1CCN(C)CC1. The average Bonchev–Trinajstić information content (AvgIpc) is 2.37. The Morgan fingerprint density at radius 3 is 2.56 bits per heavy atom. The Kier molecular flexibility index (Phi) is 6.60. The Hall–Kier alpha value is -1.20. The van der Waals surface area contributed by atoms with Crippen LogP contribution in [0, 0.1) is 0 Å². The summed E-state index contributed by atoms with van der Waals surface area (Å²) in [5.41, 5.74) is 0. The zero-order valence-electron chi connectivity index (χ0n) is 11.6. The standard InChI is InChI=1S/C13H24N4O/c1-4-6-14-12(5-2)15-13(18)11-17-9-7-16(3)8-10-17/h5-6H,4,7-11H2,1-3H3,(H,15,18)/b12-5+,14-6-. The van der Waals surface area contributed by atoms with Crippen LogP contribution in [0.25, 0.3) is 0 Å². The van der Waals surface area contributed by atoms with Crippen LogP contribution < -0.4 is 5.32 Å². The third-order valence-electron chi connectivity index (χ3n) is 2.92. The number of nitrogens with zero attached hydrogens (tertiary/aromatic N) is 3. The fourth-order valence-electron chi connectivity index (χ4n) is 1.76. The number of likely N-dealkylation sites (N-methyl/N-ethyl adjacent to an activating group) is 1. The van der Waals surface area contributed by atoms with Crippen molar-refractivity contribution in [3.63, 3.8) is 0 Å². The van der Waals surface area contributed by atoms with E-state index in [2.05, 4.69) is 27.2 Å². The molecule has 0 aromatic rings. The third-order valence-corrected chi connectivity index (χ3v) is 2.92. The smallest absolute Gasteiger partial charge is 0.239 e. The van der Waals surface area contributed by atoms with Gasteiger partial charge >= 0.3 is 0 Å². The molecule has 0 aromatic carbocycles. The van der Waals surface area contributed by atoms with Crippen LogP contribution in [0.2, 0.25) is 0 Å². The molecule has 5 nitrogen and oxygen atoms in total. The van der Waals surface area contributed by atoms with Gasteiger partial charge in [0, 0.05) is 32.4 Å². The maximum Gasteiger partial charge on any atom is 0.239 e. The Bertz CT molecular complexity index is 317. The van der Waals surface area contributed by atoms with Gasteiger partial charge in [-0.05, 0) is 26.5 Å². The van der Waals surface area contributed by atoms with Crippen LogP contribution in [0.3, 0.4) is 0 Å². The maximum atomic E-state index is 11.8. The minimum atomic E-state index is 0.0147. The van der Waals surface area contributed by atoms with E-state index >= 15 is 0 Å². The van der Waals surface area contributed by atoms with Gasteiger partial charge in [0.05, 0.1) is 6.54 Å². The van der Waals surface area contributed by atoms with Gasteiger partial charge in [-0.1, -0.05) is 6.92 Å². The van der Waals surface area contributed by atoms with Gasteiger partial charge in [-0.3, -0.25) is 9.69 Å². The molecular formula is C13H24N4O. The zero-order valence-corrected chi connectivity index (χ0v) is 11.6. The predicted octanol–water partition coefficient (Wildman–Crippen LogP) is 0.692. The molecule has 0 radical (unpaired) electrons. The summed E-state index contributed by atoms with van der Waals surface area (Å²) in [7, 11) is 2.11. The van der Waals surface area contributed by atoms with E-state index in [9.17, 15) is 4.79 Å². The highest BCUT2D eigenvalue weighted by Gasteiger charge is 2.16. The van der Waals surface area contributed by atoms with Crippen LogP contribution in [0.15, 0.2) is 16.9 Å². The first kappa shape index (κ1) is 14.9. The lowest BCUT2D eigenvalue weighted by Gasteiger charge is -2.31. The van der Waals surface area contributed by atoms with E-state index in [0.29, 0.717) is 12.4 Å². The summed E-state index contributed by atoms with van der Waals surface area (Å²) in [4.78, 5) is 20.5. The second kappa shape index (κ2) is 8.00. The second-order valence-corrected chi connectivity index (χ2v) is 4.52. The number of amides is 1. The van der Waals surface area contributed by atoms with Crippen molar-refractivity contribution in [1.82, 2.24) is 15.1 Å². The van der Waals surface area contributed by atoms with Gasteiger partial charge in [0.1, 0.15) is 5.82 Å². The first-order chi connectivity index (χ1) is 8.65. The average molecular weight is 252 g/mol. The molecule has 0 saturated carbocycles. The van der Waals surface area contributed by atoms with Crippen molar-refractivity contribution in [2.24, 2.45) is 4.99 Å². The number of hydrogen-bond donors (Lipinski definition) is 1. The minimum Gasteiger partial charge on any atom is -0.310 e. The molecule has 0 spiro atoms. The molecule has 0 unspecified atom stereocenters. The van der Waals surface area contributed by atoms with Crippen LogP contribution in [0.5, 0.6) is 0 Å². The lowest BCUT2D eigenvalue weighted by Crippen LogP contribution is -2.47. The number of aliphatic imine (C=N–C) groups is 1. The second-order valence-electron chi connectivity index (χ2n) is 4.52. The van der Waals surface area contributed by atoms with Crippen molar-refractivity contribution in [3.8, 4) is 0 Å². The van der Waals surface area contributed by atoms with Crippen molar-refractivity contribution >= 4 is 12.1 Å². The topological polar surface area (TPSA) is 47.9 Å². The summed E-state index contributed by atoms with van der Waals surface area (Å²) in [6.45, 7) is 8.30. The molecule has 1 heterocycles. The zero-order chi connectivity index (χ0) is 13.4. The summed E-state index contributed by atoms with van der Waals surface area (Å²) in [5.74, 6) is 0.650. The van der Waals surface area contributed by atoms with Crippen molar-refractivity contribution in [1.29, 1.82) is 0 Å². The number of carbonyl (C=O) groups is 1. The third kappa shape index (κ3) is 5.42. The Labute approximate surface area is 110 Å². The fraction of sp³-hybridized carbons (Fsp3) is 0.692. The summed E-state index contributed by atoms with van der Waals surface area (Å²) in [6, 6.07) is 0. The van der Waals surface area contributed by atoms with Gasteiger partial charge in [0.25, 0.3) is 0 Å². The van der Waals surface area contributed by atoms with E-state index < -0.39 is 0 Å². The monoisotopic (exact) mass is 252 g/mol. The van der Waals surface area contributed by atoms with Crippen LogP contribution >= 0.6 is 0 Å². The largest absolute Gasteiger partial charge is 0.310 e. The summed E-state index contributed by atoms with van der Waals surface area (Å²) < 4.78 is 0. The van der Waals surface area contributed by atoms with Gasteiger partial charge < -0.3 is 10.2 Å². The molecular weight excluding hydrogens is 228 g/mol. The van der Waals surface area contributed by atoms with Crippen molar-refractivity contribution in [2.75, 3.05) is 39.8 Å². The number of allylic oxidation sites excluding steroid dienone is 1. The van der Waals surface area contributed by atoms with Crippen LogP contribution in [0.1, 0.15) is 20.3 Å². The molecule has 5 heteroatoms. The van der Waals surface area contributed by atoms with Crippen LogP contribution in [-0.4, -0.2) is 61.7 Å². The van der Waals surface area contributed by atoms with Crippen molar-refractivity contribution in [2.45, 2.75) is 20.3 Å². The minimum absolute atomic E-state index is 0.0147. The molecule has 1 aliphatic heterocycles. The van der Waals surface area contributed by atoms with Crippen LogP contribution in [0.4, 0.5) is 0 Å². The molecule has 0 atom stereocenters. The van der Waals surface area contributed by atoms with E-state index in [1.54, 1.807) is 6.21 Å². The molecule has 1 fully saturated rings.